The second kappa shape index (κ2) is 7.24. The maximum Gasteiger partial charge on any atom is 0.317 e. The van der Waals surface area contributed by atoms with Crippen LogP contribution >= 0.6 is 11.3 Å². The van der Waals surface area contributed by atoms with Crippen molar-refractivity contribution < 1.29 is 9.53 Å². The second-order valence-corrected chi connectivity index (χ2v) is 6.53. The van der Waals surface area contributed by atoms with Gasteiger partial charge in [-0.2, -0.15) is 0 Å². The van der Waals surface area contributed by atoms with Gasteiger partial charge in [-0.3, -0.25) is 4.90 Å². The van der Waals surface area contributed by atoms with E-state index in [1.54, 1.807) is 11.3 Å². The molecule has 1 atom stereocenters. The molecule has 0 spiro atoms. The predicted molar refractivity (Wildman–Crippen MR) is 83.7 cm³/mol. The smallest absolute Gasteiger partial charge is 0.317 e. The van der Waals surface area contributed by atoms with Gasteiger partial charge in [0.05, 0.1) is 19.3 Å². The summed E-state index contributed by atoms with van der Waals surface area (Å²) in [6, 6.07) is 4.55. The van der Waals surface area contributed by atoms with Crippen LogP contribution in [0.2, 0.25) is 0 Å². The molecule has 2 aliphatic rings. The number of amides is 2. The van der Waals surface area contributed by atoms with Gasteiger partial charge in [-0.05, 0) is 24.3 Å². The van der Waals surface area contributed by atoms with E-state index in [0.29, 0.717) is 6.54 Å². The monoisotopic (exact) mass is 309 g/mol. The zero-order valence-electron chi connectivity index (χ0n) is 12.3. The first-order valence-electron chi connectivity index (χ1n) is 7.72. The average Bonchev–Trinajstić information content (AvgIpc) is 3.19. The molecule has 6 heteroatoms. The van der Waals surface area contributed by atoms with Gasteiger partial charge in [0, 0.05) is 37.6 Å². The van der Waals surface area contributed by atoms with E-state index in [1.165, 1.54) is 4.88 Å². The maximum absolute atomic E-state index is 12.4. The summed E-state index contributed by atoms with van der Waals surface area (Å²) in [4.78, 5) is 18.0. The number of morpholine rings is 1. The Bertz CT molecular complexity index is 446. The highest BCUT2D eigenvalue weighted by molar-refractivity contribution is 7.10. The van der Waals surface area contributed by atoms with E-state index in [9.17, 15) is 4.79 Å². The summed E-state index contributed by atoms with van der Waals surface area (Å²) in [5.41, 5.74) is 0. The van der Waals surface area contributed by atoms with Crippen LogP contribution in [-0.2, 0) is 4.74 Å². The summed E-state index contributed by atoms with van der Waals surface area (Å²) >= 11 is 1.74. The van der Waals surface area contributed by atoms with Crippen molar-refractivity contribution in [3.05, 3.63) is 22.4 Å². The summed E-state index contributed by atoms with van der Waals surface area (Å²) in [6.45, 7) is 6.04. The molecule has 1 N–H and O–H groups in total. The number of hydrogen-bond donors (Lipinski definition) is 1. The molecule has 5 nitrogen and oxygen atoms in total. The molecule has 2 fully saturated rings. The number of rotatable bonds is 4. The van der Waals surface area contributed by atoms with Crippen LogP contribution in [0.3, 0.4) is 0 Å². The first kappa shape index (κ1) is 14.8. The van der Waals surface area contributed by atoms with E-state index in [4.69, 9.17) is 4.74 Å². The van der Waals surface area contributed by atoms with Crippen LogP contribution < -0.4 is 5.32 Å². The molecule has 0 aliphatic carbocycles. The first-order chi connectivity index (χ1) is 10.3. The quantitative estimate of drug-likeness (QED) is 0.924. The molecule has 0 unspecified atom stereocenters. The van der Waals surface area contributed by atoms with Gasteiger partial charge in [0.2, 0.25) is 0 Å². The van der Waals surface area contributed by atoms with Gasteiger partial charge in [0.1, 0.15) is 0 Å². The largest absolute Gasteiger partial charge is 0.379 e. The van der Waals surface area contributed by atoms with Crippen LogP contribution in [0.4, 0.5) is 4.79 Å². The van der Waals surface area contributed by atoms with Gasteiger partial charge in [-0.25, -0.2) is 4.79 Å². The number of carbonyl (C=O) groups is 1. The topological polar surface area (TPSA) is 44.8 Å². The summed E-state index contributed by atoms with van der Waals surface area (Å²) in [6.07, 6.45) is 2.18. The molecule has 3 heterocycles. The van der Waals surface area contributed by atoms with Gasteiger partial charge < -0.3 is 15.0 Å². The molecule has 2 aliphatic heterocycles. The molecule has 2 amide bonds. The molecule has 1 aromatic rings. The lowest BCUT2D eigenvalue weighted by Crippen LogP contribution is -2.44. The van der Waals surface area contributed by atoms with Crippen molar-refractivity contribution in [1.29, 1.82) is 0 Å². The van der Waals surface area contributed by atoms with E-state index in [0.717, 1.165) is 52.2 Å². The fourth-order valence-electron chi connectivity index (χ4n) is 3.03. The van der Waals surface area contributed by atoms with E-state index in [2.05, 4.69) is 27.7 Å². The standard InChI is InChI=1S/C15H23N3O2S/c19-15(16-5-7-17-8-10-20-11-9-17)18-6-1-3-13(18)14-4-2-12-21-14/h2,4,12-13H,1,3,5-11H2,(H,16,19)/t13-/m0/s1. The maximum atomic E-state index is 12.4. The van der Waals surface area contributed by atoms with Crippen molar-refractivity contribution in [3.63, 3.8) is 0 Å². The minimum atomic E-state index is 0.0826. The zero-order valence-corrected chi connectivity index (χ0v) is 13.1. The number of carbonyl (C=O) groups excluding carboxylic acids is 1. The van der Waals surface area contributed by atoms with Crippen molar-refractivity contribution in [2.45, 2.75) is 18.9 Å². The van der Waals surface area contributed by atoms with E-state index >= 15 is 0 Å². The molecule has 0 bridgehead atoms. The number of ether oxygens (including phenoxy) is 1. The Balaban J connectivity index is 1.46. The molecule has 116 valence electrons. The first-order valence-corrected chi connectivity index (χ1v) is 8.60. The third-order valence-corrected chi connectivity index (χ3v) is 5.17. The van der Waals surface area contributed by atoms with Gasteiger partial charge in [-0.15, -0.1) is 11.3 Å². The van der Waals surface area contributed by atoms with Crippen LogP contribution in [-0.4, -0.2) is 61.8 Å². The summed E-state index contributed by atoms with van der Waals surface area (Å²) in [5, 5.41) is 5.16. The Morgan fingerprint density at radius 1 is 1.38 bits per heavy atom. The molecule has 2 saturated heterocycles. The number of hydrogen-bond acceptors (Lipinski definition) is 4. The lowest BCUT2D eigenvalue weighted by Gasteiger charge is -2.28. The van der Waals surface area contributed by atoms with Crippen molar-refractivity contribution in [2.75, 3.05) is 45.9 Å². The van der Waals surface area contributed by atoms with Crippen molar-refractivity contribution in [1.82, 2.24) is 15.1 Å². The minimum Gasteiger partial charge on any atom is -0.379 e. The lowest BCUT2D eigenvalue weighted by atomic mass is 10.2. The third-order valence-electron chi connectivity index (χ3n) is 4.19. The van der Waals surface area contributed by atoms with Gasteiger partial charge in [-0.1, -0.05) is 6.07 Å². The fourth-order valence-corrected chi connectivity index (χ4v) is 3.91. The number of likely N-dealkylation sites (tertiary alicyclic amines) is 1. The van der Waals surface area contributed by atoms with Crippen molar-refractivity contribution in [3.8, 4) is 0 Å². The van der Waals surface area contributed by atoms with Crippen LogP contribution in [0.1, 0.15) is 23.8 Å². The van der Waals surface area contributed by atoms with E-state index < -0.39 is 0 Å². The van der Waals surface area contributed by atoms with Gasteiger partial charge in [0.25, 0.3) is 0 Å². The highest BCUT2D eigenvalue weighted by Crippen LogP contribution is 2.34. The second-order valence-electron chi connectivity index (χ2n) is 5.55. The van der Waals surface area contributed by atoms with Crippen molar-refractivity contribution >= 4 is 17.4 Å². The molecule has 0 saturated carbocycles. The Labute approximate surface area is 129 Å². The van der Waals surface area contributed by atoms with Gasteiger partial charge in [0.15, 0.2) is 0 Å². The Kier molecular flexibility index (Phi) is 5.11. The van der Waals surface area contributed by atoms with Crippen LogP contribution in [0.15, 0.2) is 17.5 Å². The number of nitrogens with zero attached hydrogens (tertiary/aromatic N) is 2. The summed E-state index contributed by atoms with van der Waals surface area (Å²) < 4.78 is 5.33. The Morgan fingerprint density at radius 3 is 3.00 bits per heavy atom. The minimum absolute atomic E-state index is 0.0826. The normalized spacial score (nSPS) is 23.4. The van der Waals surface area contributed by atoms with E-state index in [1.807, 2.05) is 4.90 Å². The van der Waals surface area contributed by atoms with Crippen LogP contribution in [0.5, 0.6) is 0 Å². The highest BCUT2D eigenvalue weighted by atomic mass is 32.1. The fraction of sp³-hybridized carbons (Fsp3) is 0.667. The molecule has 3 rings (SSSR count). The molecule has 0 aromatic carbocycles. The SMILES string of the molecule is O=C(NCCN1CCOCC1)N1CCC[C@H]1c1cccs1. The number of thiophene rings is 1. The molecule has 0 radical (unpaired) electrons. The Hall–Kier alpha value is -1.11. The number of nitrogens with one attached hydrogen (secondary N) is 1. The average molecular weight is 309 g/mol. The highest BCUT2D eigenvalue weighted by Gasteiger charge is 2.30. The molecule has 21 heavy (non-hydrogen) atoms. The predicted octanol–water partition coefficient (Wildman–Crippen LogP) is 1.93. The van der Waals surface area contributed by atoms with Crippen LogP contribution in [0.25, 0.3) is 0 Å². The van der Waals surface area contributed by atoms with E-state index in [-0.39, 0.29) is 12.1 Å². The molecule has 1 aromatic heterocycles. The zero-order chi connectivity index (χ0) is 14.5. The lowest BCUT2D eigenvalue weighted by molar-refractivity contribution is 0.0385. The molecular formula is C15H23N3O2S. The third kappa shape index (κ3) is 3.75. The van der Waals surface area contributed by atoms with Gasteiger partial charge >= 0.3 is 6.03 Å². The van der Waals surface area contributed by atoms with Crippen LogP contribution in [0, 0.1) is 0 Å². The van der Waals surface area contributed by atoms with Crippen molar-refractivity contribution in [2.24, 2.45) is 0 Å². The number of urea groups is 1. The Morgan fingerprint density at radius 2 is 2.24 bits per heavy atom. The summed E-state index contributed by atoms with van der Waals surface area (Å²) in [5.74, 6) is 0. The molecular weight excluding hydrogens is 286 g/mol. The summed E-state index contributed by atoms with van der Waals surface area (Å²) in [7, 11) is 0.